The van der Waals surface area contributed by atoms with E-state index in [9.17, 15) is 4.79 Å². The van der Waals surface area contributed by atoms with Gasteiger partial charge in [-0.15, -0.1) is 0 Å². The van der Waals surface area contributed by atoms with Crippen LogP contribution < -0.4 is 16.6 Å². The largest absolute Gasteiger partial charge is 0.324 e. The Morgan fingerprint density at radius 2 is 2.06 bits per heavy atom. The Bertz CT molecular complexity index is 574. The third-order valence-electron chi connectivity index (χ3n) is 2.24. The summed E-state index contributed by atoms with van der Waals surface area (Å²) >= 11 is 3.34. The number of benzene rings is 1. The highest BCUT2D eigenvalue weighted by atomic mass is 79.9. The van der Waals surface area contributed by atoms with Crippen molar-refractivity contribution in [2.45, 2.75) is 0 Å². The van der Waals surface area contributed by atoms with E-state index >= 15 is 0 Å². The molecule has 0 fully saturated rings. The van der Waals surface area contributed by atoms with Gasteiger partial charge in [-0.1, -0.05) is 22.0 Å². The second-order valence-electron chi connectivity index (χ2n) is 3.54. The monoisotopic (exact) mass is 306 g/mol. The van der Waals surface area contributed by atoms with Crippen molar-refractivity contribution >= 4 is 33.2 Å². The molecule has 0 aliphatic heterocycles. The summed E-state index contributed by atoms with van der Waals surface area (Å²) in [6.07, 6.45) is 1.52. The van der Waals surface area contributed by atoms with Crippen LogP contribution in [0.15, 0.2) is 47.1 Å². The molecule has 1 aromatic carbocycles. The predicted octanol–water partition coefficient (Wildman–Crippen LogP) is 2.38. The quantitative estimate of drug-likeness (QED) is 0.601. The van der Waals surface area contributed by atoms with Crippen LogP contribution in [0.2, 0.25) is 0 Å². The van der Waals surface area contributed by atoms with E-state index in [1.54, 1.807) is 18.2 Å². The number of nitrogens with one attached hydrogen (secondary N) is 2. The maximum absolute atomic E-state index is 11.9. The lowest BCUT2D eigenvalue weighted by atomic mass is 10.3. The molecule has 0 unspecified atom stereocenters. The number of amides is 1. The first-order valence-corrected chi connectivity index (χ1v) is 5.98. The lowest BCUT2D eigenvalue weighted by Crippen LogP contribution is -2.15. The molecule has 1 aromatic heterocycles. The number of nitrogen functional groups attached to an aromatic ring is 1. The van der Waals surface area contributed by atoms with Gasteiger partial charge in [0.15, 0.2) is 0 Å². The molecular weight excluding hydrogens is 296 g/mol. The molecule has 0 radical (unpaired) electrons. The summed E-state index contributed by atoms with van der Waals surface area (Å²) in [5, 5.41) is 2.75. The number of carbonyl (C=O) groups excluding carboxylic acids is 1. The normalized spacial score (nSPS) is 9.89. The molecule has 0 saturated carbocycles. The summed E-state index contributed by atoms with van der Waals surface area (Å²) < 4.78 is 0.894. The molecule has 0 bridgehead atoms. The van der Waals surface area contributed by atoms with Gasteiger partial charge < -0.3 is 10.7 Å². The summed E-state index contributed by atoms with van der Waals surface area (Å²) in [7, 11) is 0. The zero-order valence-electron chi connectivity index (χ0n) is 9.35. The highest BCUT2D eigenvalue weighted by molar-refractivity contribution is 9.10. The molecule has 1 amide bonds. The van der Waals surface area contributed by atoms with Gasteiger partial charge in [-0.05, 0) is 30.3 Å². The van der Waals surface area contributed by atoms with Gasteiger partial charge >= 0.3 is 0 Å². The maximum atomic E-state index is 11.9. The lowest BCUT2D eigenvalue weighted by molar-refractivity contribution is 0.102. The Balaban J connectivity index is 2.16. The van der Waals surface area contributed by atoms with E-state index in [-0.39, 0.29) is 5.91 Å². The van der Waals surface area contributed by atoms with Crippen LogP contribution in [0.4, 0.5) is 11.4 Å². The van der Waals surface area contributed by atoms with E-state index in [0.717, 1.165) is 4.47 Å². The van der Waals surface area contributed by atoms with E-state index in [0.29, 0.717) is 17.1 Å². The van der Waals surface area contributed by atoms with Crippen LogP contribution >= 0.6 is 15.9 Å². The minimum Gasteiger partial charge on any atom is -0.324 e. The highest BCUT2D eigenvalue weighted by Gasteiger charge is 2.08. The second kappa shape index (κ2) is 5.61. The van der Waals surface area contributed by atoms with Crippen LogP contribution in [0.5, 0.6) is 0 Å². The van der Waals surface area contributed by atoms with Crippen LogP contribution in [-0.4, -0.2) is 10.9 Å². The van der Waals surface area contributed by atoms with Gasteiger partial charge in [0.1, 0.15) is 5.69 Å². The Labute approximate surface area is 113 Å². The van der Waals surface area contributed by atoms with E-state index in [1.807, 2.05) is 18.2 Å². The molecule has 18 heavy (non-hydrogen) atoms. The standard InChI is InChI=1S/C12H11BrN4O/c13-8-2-1-3-9(6-8)16-12(18)11-7-10(17-14)4-5-15-11/h1-7H,14H2,(H,15,17)(H,16,18). The topological polar surface area (TPSA) is 80.0 Å². The molecule has 0 aliphatic carbocycles. The van der Waals surface area contributed by atoms with E-state index in [1.165, 1.54) is 6.20 Å². The molecule has 2 rings (SSSR count). The first-order chi connectivity index (χ1) is 8.69. The smallest absolute Gasteiger partial charge is 0.274 e. The average Bonchev–Trinajstić information content (AvgIpc) is 2.39. The van der Waals surface area contributed by atoms with Crippen LogP contribution in [0.3, 0.4) is 0 Å². The summed E-state index contributed by atoms with van der Waals surface area (Å²) in [6, 6.07) is 10.6. The lowest BCUT2D eigenvalue weighted by Gasteiger charge is -2.06. The summed E-state index contributed by atoms with van der Waals surface area (Å²) in [5.41, 5.74) is 4.09. The summed E-state index contributed by atoms with van der Waals surface area (Å²) in [6.45, 7) is 0. The molecular formula is C12H11BrN4O. The van der Waals surface area contributed by atoms with Gasteiger partial charge in [-0.25, -0.2) is 0 Å². The van der Waals surface area contributed by atoms with Crippen molar-refractivity contribution in [1.82, 2.24) is 4.98 Å². The predicted molar refractivity (Wildman–Crippen MR) is 74.1 cm³/mol. The van der Waals surface area contributed by atoms with E-state index < -0.39 is 0 Å². The van der Waals surface area contributed by atoms with Crippen LogP contribution in [0.25, 0.3) is 0 Å². The molecule has 92 valence electrons. The number of aromatic nitrogens is 1. The zero-order chi connectivity index (χ0) is 13.0. The van der Waals surface area contributed by atoms with Crippen LogP contribution in [0, 0.1) is 0 Å². The number of anilines is 2. The number of hydrogen-bond donors (Lipinski definition) is 3. The minimum atomic E-state index is -0.287. The molecule has 0 atom stereocenters. The fourth-order valence-electron chi connectivity index (χ4n) is 1.41. The average molecular weight is 307 g/mol. The fraction of sp³-hybridized carbons (Fsp3) is 0. The van der Waals surface area contributed by atoms with Gasteiger partial charge in [0, 0.05) is 16.4 Å². The maximum Gasteiger partial charge on any atom is 0.274 e. The van der Waals surface area contributed by atoms with Gasteiger partial charge in [0.05, 0.1) is 5.69 Å². The van der Waals surface area contributed by atoms with Crippen molar-refractivity contribution < 1.29 is 4.79 Å². The first-order valence-electron chi connectivity index (χ1n) is 5.18. The van der Waals surface area contributed by atoms with Crippen molar-refractivity contribution in [1.29, 1.82) is 0 Å². The molecule has 4 N–H and O–H groups in total. The van der Waals surface area contributed by atoms with Crippen molar-refractivity contribution in [3.63, 3.8) is 0 Å². The number of rotatable bonds is 3. The second-order valence-corrected chi connectivity index (χ2v) is 4.45. The van der Waals surface area contributed by atoms with Gasteiger partial charge in [0.2, 0.25) is 0 Å². The number of nitrogens with zero attached hydrogens (tertiary/aromatic N) is 1. The SMILES string of the molecule is NNc1ccnc(C(=O)Nc2cccc(Br)c2)c1. The number of hydrazine groups is 1. The fourth-order valence-corrected chi connectivity index (χ4v) is 1.81. The summed E-state index contributed by atoms with van der Waals surface area (Å²) in [4.78, 5) is 15.9. The highest BCUT2D eigenvalue weighted by Crippen LogP contribution is 2.16. The first kappa shape index (κ1) is 12.5. The number of hydrogen-bond acceptors (Lipinski definition) is 4. The number of halogens is 1. The van der Waals surface area contributed by atoms with E-state index in [2.05, 4.69) is 31.7 Å². The third kappa shape index (κ3) is 3.06. The molecule has 0 spiro atoms. The van der Waals surface area contributed by atoms with Gasteiger partial charge in [0.25, 0.3) is 5.91 Å². The number of pyridine rings is 1. The molecule has 1 heterocycles. The Morgan fingerprint density at radius 1 is 1.22 bits per heavy atom. The van der Waals surface area contributed by atoms with Crippen molar-refractivity contribution in [2.75, 3.05) is 10.7 Å². The van der Waals surface area contributed by atoms with Crippen molar-refractivity contribution in [3.8, 4) is 0 Å². The van der Waals surface area contributed by atoms with Gasteiger partial charge in [-0.3, -0.25) is 15.6 Å². The molecule has 5 nitrogen and oxygen atoms in total. The Hall–Kier alpha value is -1.92. The van der Waals surface area contributed by atoms with Gasteiger partial charge in [-0.2, -0.15) is 0 Å². The molecule has 2 aromatic rings. The number of nitrogens with two attached hydrogens (primary N) is 1. The van der Waals surface area contributed by atoms with Crippen LogP contribution in [-0.2, 0) is 0 Å². The zero-order valence-corrected chi connectivity index (χ0v) is 10.9. The van der Waals surface area contributed by atoms with Crippen LogP contribution in [0.1, 0.15) is 10.5 Å². The molecule has 0 saturated heterocycles. The third-order valence-corrected chi connectivity index (χ3v) is 2.73. The van der Waals surface area contributed by atoms with Crippen molar-refractivity contribution in [2.24, 2.45) is 5.84 Å². The molecule has 6 heteroatoms. The Kier molecular flexibility index (Phi) is 3.91. The minimum absolute atomic E-state index is 0.287. The Morgan fingerprint density at radius 3 is 2.78 bits per heavy atom. The summed E-state index contributed by atoms with van der Waals surface area (Å²) in [5.74, 6) is 4.99. The van der Waals surface area contributed by atoms with E-state index in [4.69, 9.17) is 5.84 Å². The van der Waals surface area contributed by atoms with Crippen molar-refractivity contribution in [3.05, 3.63) is 52.8 Å². The molecule has 0 aliphatic rings. The number of carbonyl (C=O) groups is 1.